The molecule has 0 unspecified atom stereocenters. The van der Waals surface area contributed by atoms with E-state index in [1.165, 1.54) is 23.5 Å². The lowest BCUT2D eigenvalue weighted by atomic mass is 10.1. The second-order valence-electron chi connectivity index (χ2n) is 3.93. The van der Waals surface area contributed by atoms with Gasteiger partial charge in [0.2, 0.25) is 0 Å². The minimum atomic E-state index is -4.28. The number of benzene rings is 1. The lowest BCUT2D eigenvalue weighted by molar-refractivity contribution is -0.137. The van der Waals surface area contributed by atoms with Gasteiger partial charge in [0.25, 0.3) is 0 Å². The number of alkyl halides is 3. The quantitative estimate of drug-likeness (QED) is 0.669. The van der Waals surface area contributed by atoms with Crippen LogP contribution in [0.3, 0.4) is 0 Å². The summed E-state index contributed by atoms with van der Waals surface area (Å²) in [6, 6.07) is 7.37. The molecule has 4 heteroatoms. The number of hydrogen-bond donors (Lipinski definition) is 0. The Labute approximate surface area is 102 Å². The molecule has 2 aromatic rings. The first-order chi connectivity index (χ1) is 7.88. The lowest BCUT2D eigenvalue weighted by Gasteiger charge is -2.07. The fraction of sp³-hybridized carbons (Fsp3) is 0.231. The second kappa shape index (κ2) is 4.18. The molecule has 0 bridgehead atoms. The van der Waals surface area contributed by atoms with Crippen LogP contribution in [0.1, 0.15) is 16.0 Å². The van der Waals surface area contributed by atoms with Gasteiger partial charge < -0.3 is 0 Å². The topological polar surface area (TPSA) is 0 Å². The Kier molecular flexibility index (Phi) is 3.00. The van der Waals surface area contributed by atoms with Crippen molar-refractivity contribution in [1.82, 2.24) is 0 Å². The van der Waals surface area contributed by atoms with Gasteiger partial charge in [-0.2, -0.15) is 13.2 Å². The molecule has 0 aliphatic rings. The smallest absolute Gasteiger partial charge is 0.166 e. The first-order valence-corrected chi connectivity index (χ1v) is 5.94. The van der Waals surface area contributed by atoms with Crippen LogP contribution in [0.15, 0.2) is 30.3 Å². The highest BCUT2D eigenvalue weighted by atomic mass is 32.1. The molecule has 17 heavy (non-hydrogen) atoms. The number of thiophene rings is 1. The number of halogens is 3. The van der Waals surface area contributed by atoms with E-state index in [2.05, 4.69) is 0 Å². The molecule has 0 amide bonds. The molecule has 0 radical (unpaired) electrons. The third-order valence-corrected chi connectivity index (χ3v) is 3.84. The van der Waals surface area contributed by atoms with Crippen molar-refractivity contribution in [2.24, 2.45) is 0 Å². The molecule has 0 aliphatic heterocycles. The van der Waals surface area contributed by atoms with Crippen molar-refractivity contribution in [3.63, 3.8) is 0 Å². The number of hydrogen-bond acceptors (Lipinski definition) is 1. The van der Waals surface area contributed by atoms with Crippen molar-refractivity contribution < 1.29 is 13.2 Å². The SMILES string of the molecule is Cc1cc(-c2cccc(C(F)(F)F)c2)sc1C. The van der Waals surface area contributed by atoms with E-state index < -0.39 is 11.7 Å². The van der Waals surface area contributed by atoms with Crippen molar-refractivity contribution in [3.8, 4) is 10.4 Å². The summed E-state index contributed by atoms with van der Waals surface area (Å²) in [4.78, 5) is 2.02. The highest BCUT2D eigenvalue weighted by Crippen LogP contribution is 2.35. The van der Waals surface area contributed by atoms with Gasteiger partial charge in [-0.3, -0.25) is 0 Å². The molecule has 0 fully saturated rings. The second-order valence-corrected chi connectivity index (χ2v) is 5.18. The summed E-state index contributed by atoms with van der Waals surface area (Å²) in [6.07, 6.45) is -4.28. The van der Waals surface area contributed by atoms with Crippen LogP contribution in [0, 0.1) is 13.8 Å². The third kappa shape index (κ3) is 2.52. The molecule has 1 heterocycles. The van der Waals surface area contributed by atoms with Crippen molar-refractivity contribution in [2.75, 3.05) is 0 Å². The highest BCUT2D eigenvalue weighted by molar-refractivity contribution is 7.15. The Hall–Kier alpha value is -1.29. The average molecular weight is 256 g/mol. The van der Waals surface area contributed by atoms with E-state index in [4.69, 9.17) is 0 Å². The van der Waals surface area contributed by atoms with E-state index in [9.17, 15) is 13.2 Å². The Morgan fingerprint density at radius 1 is 1.06 bits per heavy atom. The van der Waals surface area contributed by atoms with Crippen molar-refractivity contribution >= 4 is 11.3 Å². The van der Waals surface area contributed by atoms with E-state index in [0.29, 0.717) is 5.56 Å². The average Bonchev–Trinajstić information content (AvgIpc) is 2.58. The first kappa shape index (κ1) is 12.2. The normalized spacial score (nSPS) is 11.8. The molecule has 0 saturated heterocycles. The maximum absolute atomic E-state index is 12.6. The highest BCUT2D eigenvalue weighted by Gasteiger charge is 2.30. The molecule has 2 rings (SSSR count). The molecule has 0 N–H and O–H groups in total. The summed E-state index contributed by atoms with van der Waals surface area (Å²) in [5, 5.41) is 0. The Bertz CT molecular complexity index is 518. The molecule has 0 nitrogen and oxygen atoms in total. The van der Waals surface area contributed by atoms with E-state index in [1.807, 2.05) is 19.9 Å². The Morgan fingerprint density at radius 2 is 1.76 bits per heavy atom. The molecule has 0 spiro atoms. The van der Waals surface area contributed by atoms with Gasteiger partial charge in [-0.1, -0.05) is 12.1 Å². The fourth-order valence-corrected chi connectivity index (χ4v) is 2.59. The predicted molar refractivity (Wildman–Crippen MR) is 64.2 cm³/mol. The largest absolute Gasteiger partial charge is 0.416 e. The molecule has 0 saturated carbocycles. The van der Waals surface area contributed by atoms with E-state index in [-0.39, 0.29) is 0 Å². The summed E-state index contributed by atoms with van der Waals surface area (Å²) in [7, 11) is 0. The van der Waals surface area contributed by atoms with Crippen LogP contribution in [0.4, 0.5) is 13.2 Å². The lowest BCUT2D eigenvalue weighted by Crippen LogP contribution is -2.04. The minimum Gasteiger partial charge on any atom is -0.166 e. The number of aryl methyl sites for hydroxylation is 2. The zero-order valence-corrected chi connectivity index (χ0v) is 10.2. The molecular weight excluding hydrogens is 245 g/mol. The maximum Gasteiger partial charge on any atom is 0.416 e. The van der Waals surface area contributed by atoms with Gasteiger partial charge in [-0.15, -0.1) is 11.3 Å². The van der Waals surface area contributed by atoms with Crippen LogP contribution in [0.25, 0.3) is 10.4 Å². The molecule has 90 valence electrons. The van der Waals surface area contributed by atoms with Crippen LogP contribution in [-0.2, 0) is 6.18 Å². The Balaban J connectivity index is 2.47. The molecular formula is C13H11F3S. The summed E-state index contributed by atoms with van der Waals surface area (Å²) in [5.74, 6) is 0. The van der Waals surface area contributed by atoms with Gasteiger partial charge >= 0.3 is 6.18 Å². The van der Waals surface area contributed by atoms with Crippen LogP contribution >= 0.6 is 11.3 Å². The van der Waals surface area contributed by atoms with Crippen molar-refractivity contribution in [3.05, 3.63) is 46.3 Å². The number of rotatable bonds is 1. The van der Waals surface area contributed by atoms with E-state index in [0.717, 1.165) is 21.4 Å². The van der Waals surface area contributed by atoms with E-state index >= 15 is 0 Å². The van der Waals surface area contributed by atoms with Crippen molar-refractivity contribution in [1.29, 1.82) is 0 Å². The van der Waals surface area contributed by atoms with Gasteiger partial charge in [0.15, 0.2) is 0 Å². The van der Waals surface area contributed by atoms with Crippen LogP contribution in [-0.4, -0.2) is 0 Å². The van der Waals surface area contributed by atoms with Crippen molar-refractivity contribution in [2.45, 2.75) is 20.0 Å². The van der Waals surface area contributed by atoms with Crippen LogP contribution < -0.4 is 0 Å². The summed E-state index contributed by atoms with van der Waals surface area (Å²) in [5.41, 5.74) is 1.14. The fourth-order valence-electron chi connectivity index (χ4n) is 1.56. The summed E-state index contributed by atoms with van der Waals surface area (Å²) in [6.45, 7) is 3.93. The third-order valence-electron chi connectivity index (χ3n) is 2.64. The van der Waals surface area contributed by atoms with Crippen LogP contribution in [0.2, 0.25) is 0 Å². The van der Waals surface area contributed by atoms with Gasteiger partial charge in [-0.05, 0) is 43.2 Å². The zero-order chi connectivity index (χ0) is 12.6. The standard InChI is InChI=1S/C13H11F3S/c1-8-6-12(17-9(8)2)10-4-3-5-11(7-10)13(14,15)16/h3-7H,1-2H3. The first-order valence-electron chi connectivity index (χ1n) is 5.12. The summed E-state index contributed by atoms with van der Waals surface area (Å²) >= 11 is 1.52. The summed E-state index contributed by atoms with van der Waals surface area (Å²) < 4.78 is 37.7. The predicted octanol–water partition coefficient (Wildman–Crippen LogP) is 5.05. The van der Waals surface area contributed by atoms with Gasteiger partial charge in [0.05, 0.1) is 5.56 Å². The van der Waals surface area contributed by atoms with Gasteiger partial charge in [0.1, 0.15) is 0 Å². The van der Waals surface area contributed by atoms with E-state index in [1.54, 1.807) is 6.07 Å². The monoisotopic (exact) mass is 256 g/mol. The van der Waals surface area contributed by atoms with Gasteiger partial charge in [-0.25, -0.2) is 0 Å². The molecule has 1 aromatic carbocycles. The minimum absolute atomic E-state index is 0.598. The van der Waals surface area contributed by atoms with Crippen LogP contribution in [0.5, 0.6) is 0 Å². The Morgan fingerprint density at radius 3 is 2.29 bits per heavy atom. The molecule has 0 atom stereocenters. The van der Waals surface area contributed by atoms with Gasteiger partial charge in [0, 0.05) is 9.75 Å². The maximum atomic E-state index is 12.6. The molecule has 0 aliphatic carbocycles. The zero-order valence-electron chi connectivity index (χ0n) is 9.43. The molecule has 1 aromatic heterocycles.